The van der Waals surface area contributed by atoms with Gasteiger partial charge in [0.2, 0.25) is 0 Å². The van der Waals surface area contributed by atoms with E-state index in [2.05, 4.69) is 6.07 Å². The third kappa shape index (κ3) is 2.53. The first-order valence-electron chi connectivity index (χ1n) is 5.75. The Kier molecular flexibility index (Phi) is 3.38. The van der Waals surface area contributed by atoms with Crippen LogP contribution in [-0.2, 0) is 4.79 Å². The van der Waals surface area contributed by atoms with Gasteiger partial charge in [0.05, 0.1) is 11.9 Å². The normalized spacial score (nSPS) is 16.4. The first kappa shape index (κ1) is 13.0. The number of nitrogens with zero attached hydrogens (tertiary/aromatic N) is 1. The van der Waals surface area contributed by atoms with Gasteiger partial charge in [-0.05, 0) is 24.4 Å². The van der Waals surface area contributed by atoms with E-state index in [9.17, 15) is 10.0 Å². The molecule has 0 fully saturated rings. The Bertz CT molecular complexity index is 544. The van der Waals surface area contributed by atoms with E-state index in [0.29, 0.717) is 0 Å². The number of rotatable bonds is 4. The maximum absolute atomic E-state index is 11.0. The van der Waals surface area contributed by atoms with Crippen LogP contribution < -0.4 is 5.73 Å². The zero-order chi connectivity index (χ0) is 13.3. The second kappa shape index (κ2) is 4.68. The van der Waals surface area contributed by atoms with Crippen LogP contribution in [0.15, 0.2) is 30.3 Å². The van der Waals surface area contributed by atoms with Gasteiger partial charge in [-0.2, -0.15) is 4.65 Å². The Labute approximate surface area is 110 Å². The lowest BCUT2D eigenvalue weighted by Crippen LogP contribution is -2.48. The predicted molar refractivity (Wildman–Crippen MR) is 72.3 cm³/mol. The summed E-state index contributed by atoms with van der Waals surface area (Å²) in [6.07, 6.45) is 0. The number of hydrogen-bond donors (Lipinski definition) is 2. The maximum atomic E-state index is 11.0. The summed E-state index contributed by atoms with van der Waals surface area (Å²) in [5, 5.41) is 11.4. The summed E-state index contributed by atoms with van der Waals surface area (Å²) >= 11 is 1.63. The molecule has 0 aliphatic rings. The Morgan fingerprint density at radius 3 is 2.78 bits per heavy atom. The smallest absolute Gasteiger partial charge is 0.275 e. The van der Waals surface area contributed by atoms with Crippen molar-refractivity contribution >= 4 is 27.3 Å². The molecule has 1 aromatic heterocycles. The first-order valence-corrected chi connectivity index (χ1v) is 6.56. The number of benzene rings is 1. The van der Waals surface area contributed by atoms with E-state index < -0.39 is 10.6 Å². The molecule has 2 aromatic rings. The number of hydrogen-bond acceptors (Lipinski definition) is 3. The van der Waals surface area contributed by atoms with Gasteiger partial charge in [-0.1, -0.05) is 18.2 Å². The zero-order valence-corrected chi connectivity index (χ0v) is 11.3. The molecule has 0 saturated carbocycles. The summed E-state index contributed by atoms with van der Waals surface area (Å²) < 4.78 is 0.765. The minimum absolute atomic E-state index is 0.0879. The van der Waals surface area contributed by atoms with Crippen molar-refractivity contribution in [2.75, 3.05) is 13.6 Å². The van der Waals surface area contributed by atoms with Gasteiger partial charge in [-0.3, -0.25) is 4.79 Å². The largest absolute Gasteiger partial charge is 0.365 e. The monoisotopic (exact) mass is 265 g/mol. The summed E-state index contributed by atoms with van der Waals surface area (Å²) in [4.78, 5) is 12.0. The number of hydroxylamine groups is 3. The molecule has 0 bridgehead atoms. The molecule has 3 N–H and O–H groups in total. The Morgan fingerprint density at radius 2 is 2.17 bits per heavy atom. The molecule has 1 aromatic carbocycles. The van der Waals surface area contributed by atoms with Gasteiger partial charge in [0.15, 0.2) is 12.6 Å². The van der Waals surface area contributed by atoms with E-state index in [1.165, 1.54) is 4.70 Å². The number of quaternary nitrogens is 1. The van der Waals surface area contributed by atoms with Crippen molar-refractivity contribution in [2.24, 2.45) is 5.73 Å². The number of nitrogens with two attached hydrogens (primary N) is 1. The number of fused-ring (bicyclic) bond motifs is 1. The average Bonchev–Trinajstić information content (AvgIpc) is 2.69. The molecular formula is C13H17N2O2S+. The van der Waals surface area contributed by atoms with Crippen LogP contribution in [-0.4, -0.2) is 29.4 Å². The third-order valence-electron chi connectivity index (χ3n) is 3.17. The molecule has 96 valence electrons. The molecule has 0 saturated heterocycles. The summed E-state index contributed by atoms with van der Waals surface area (Å²) in [6.45, 7) is 1.81. The predicted octanol–water partition coefficient (Wildman–Crippen LogP) is 2.28. The minimum atomic E-state index is -0.507. The van der Waals surface area contributed by atoms with Crippen molar-refractivity contribution in [1.29, 1.82) is 0 Å². The topological polar surface area (TPSA) is 63.3 Å². The van der Waals surface area contributed by atoms with Crippen LogP contribution in [0.3, 0.4) is 0 Å². The lowest BCUT2D eigenvalue weighted by Gasteiger charge is -2.29. The summed E-state index contributed by atoms with van der Waals surface area (Å²) in [6, 6.07) is 9.93. The highest BCUT2D eigenvalue weighted by atomic mass is 32.1. The first-order chi connectivity index (χ1) is 8.40. The maximum Gasteiger partial charge on any atom is 0.275 e. The van der Waals surface area contributed by atoms with Crippen molar-refractivity contribution < 1.29 is 14.6 Å². The van der Waals surface area contributed by atoms with Gasteiger partial charge in [-0.25, -0.2) is 5.21 Å². The van der Waals surface area contributed by atoms with E-state index in [4.69, 9.17) is 5.73 Å². The summed E-state index contributed by atoms with van der Waals surface area (Å²) in [5.74, 6) is -0.507. The van der Waals surface area contributed by atoms with Gasteiger partial charge in [0, 0.05) is 4.70 Å². The van der Waals surface area contributed by atoms with Gasteiger partial charge >= 0.3 is 0 Å². The van der Waals surface area contributed by atoms with Gasteiger partial charge in [-0.15, -0.1) is 11.3 Å². The molecule has 2 rings (SSSR count). The Hall–Kier alpha value is -1.43. The number of carbonyl (C=O) groups excluding carboxylic acids is 1. The number of primary amides is 1. The van der Waals surface area contributed by atoms with Crippen LogP contribution in [0.5, 0.6) is 0 Å². The van der Waals surface area contributed by atoms with Gasteiger partial charge in [0.1, 0.15) is 0 Å². The third-order valence-corrected chi connectivity index (χ3v) is 4.45. The van der Waals surface area contributed by atoms with E-state index in [-0.39, 0.29) is 12.6 Å². The van der Waals surface area contributed by atoms with Crippen LogP contribution >= 0.6 is 11.3 Å². The van der Waals surface area contributed by atoms with E-state index in [1.807, 2.05) is 31.2 Å². The number of amides is 1. The highest BCUT2D eigenvalue weighted by Crippen LogP contribution is 2.34. The summed E-state index contributed by atoms with van der Waals surface area (Å²) in [5.41, 5.74) is 5.16. The van der Waals surface area contributed by atoms with Crippen LogP contribution in [0, 0.1) is 0 Å². The summed E-state index contributed by atoms with van der Waals surface area (Å²) in [7, 11) is 1.60. The molecule has 5 heteroatoms. The Morgan fingerprint density at radius 1 is 1.50 bits per heavy atom. The molecule has 2 atom stereocenters. The van der Waals surface area contributed by atoms with Crippen molar-refractivity contribution in [3.8, 4) is 0 Å². The molecule has 0 aliphatic heterocycles. The average molecular weight is 265 g/mol. The van der Waals surface area contributed by atoms with E-state index >= 15 is 0 Å². The fourth-order valence-electron chi connectivity index (χ4n) is 1.93. The lowest BCUT2D eigenvalue weighted by molar-refractivity contribution is -1.10. The van der Waals surface area contributed by atoms with Gasteiger partial charge < -0.3 is 5.73 Å². The standard InChI is InChI=1S/C13H16N2O2S/c1-9(15(2,17)8-13(14)16)12-7-10-5-3-4-6-11(10)18-12/h3-7,9,17H,8H2,1-2H3,(H-,14,16)/p+1. The fraction of sp³-hybridized carbons (Fsp3) is 0.308. The SMILES string of the molecule is CC(c1cc2ccccc2s1)[N+](C)(O)CC(N)=O. The molecule has 18 heavy (non-hydrogen) atoms. The number of carbonyl (C=O) groups is 1. The Balaban J connectivity index is 2.32. The van der Waals surface area contributed by atoms with Crippen LogP contribution in [0.25, 0.3) is 10.1 Å². The molecule has 2 unspecified atom stereocenters. The van der Waals surface area contributed by atoms with Crippen LogP contribution in [0.2, 0.25) is 0 Å². The van der Waals surface area contributed by atoms with Crippen molar-refractivity contribution in [3.05, 3.63) is 35.2 Å². The van der Waals surface area contributed by atoms with Crippen molar-refractivity contribution in [1.82, 2.24) is 0 Å². The van der Waals surface area contributed by atoms with Crippen LogP contribution in [0.1, 0.15) is 17.8 Å². The molecular weight excluding hydrogens is 248 g/mol. The highest BCUT2D eigenvalue weighted by Gasteiger charge is 2.32. The second-order valence-corrected chi connectivity index (χ2v) is 5.82. The molecule has 1 heterocycles. The number of likely N-dealkylation sites (N-methyl/N-ethyl adjacent to an activating group) is 1. The fourth-order valence-corrected chi connectivity index (χ4v) is 3.16. The lowest BCUT2D eigenvalue weighted by atomic mass is 10.2. The molecule has 0 radical (unpaired) electrons. The van der Waals surface area contributed by atoms with E-state index in [1.54, 1.807) is 18.4 Å². The molecule has 0 aliphatic carbocycles. The van der Waals surface area contributed by atoms with Gasteiger partial charge in [0.25, 0.3) is 5.91 Å². The highest BCUT2D eigenvalue weighted by molar-refractivity contribution is 7.19. The molecule has 1 amide bonds. The van der Waals surface area contributed by atoms with Crippen molar-refractivity contribution in [3.63, 3.8) is 0 Å². The minimum Gasteiger partial charge on any atom is -0.365 e. The zero-order valence-electron chi connectivity index (χ0n) is 10.5. The van der Waals surface area contributed by atoms with Crippen molar-refractivity contribution in [2.45, 2.75) is 13.0 Å². The molecule has 0 spiro atoms. The number of thiophene rings is 1. The van der Waals surface area contributed by atoms with E-state index in [0.717, 1.165) is 10.3 Å². The quantitative estimate of drug-likeness (QED) is 0.658. The second-order valence-electron chi connectivity index (χ2n) is 4.70. The van der Waals surface area contributed by atoms with Crippen LogP contribution in [0.4, 0.5) is 0 Å². The molecule has 4 nitrogen and oxygen atoms in total.